The van der Waals surface area contributed by atoms with Crippen LogP contribution in [0.3, 0.4) is 0 Å². The van der Waals surface area contributed by atoms with Gasteiger partial charge in [0.05, 0.1) is 23.7 Å². The maximum Gasteiger partial charge on any atom is 0.281 e. The fourth-order valence-electron chi connectivity index (χ4n) is 1.27. The van der Waals surface area contributed by atoms with Crippen molar-refractivity contribution in [1.82, 2.24) is 4.98 Å². The van der Waals surface area contributed by atoms with Gasteiger partial charge in [-0.2, -0.15) is 10.5 Å². The van der Waals surface area contributed by atoms with Crippen LogP contribution in [0.25, 0.3) is 0 Å². The van der Waals surface area contributed by atoms with Crippen LogP contribution in [0.15, 0.2) is 6.07 Å². The molecule has 0 amide bonds. The van der Waals surface area contributed by atoms with Crippen molar-refractivity contribution in [2.75, 3.05) is 0 Å². The van der Waals surface area contributed by atoms with E-state index < -0.39 is 12.1 Å². The highest BCUT2D eigenvalue weighted by atomic mass is 19.3. The molecule has 0 saturated carbocycles. The Labute approximate surface area is 90.9 Å². The summed E-state index contributed by atoms with van der Waals surface area (Å²) in [5.41, 5.74) is 5.25. The van der Waals surface area contributed by atoms with E-state index in [1.54, 1.807) is 6.07 Å². The molecule has 0 unspecified atom stereocenters. The average molecular weight is 222 g/mol. The van der Waals surface area contributed by atoms with Crippen LogP contribution < -0.4 is 5.73 Å². The fraction of sp³-hybridized carbons (Fsp3) is 0.300. The summed E-state index contributed by atoms with van der Waals surface area (Å²) in [6, 6.07) is 4.72. The quantitative estimate of drug-likeness (QED) is 0.837. The lowest BCUT2D eigenvalue weighted by atomic mass is 10.1. The van der Waals surface area contributed by atoms with Crippen molar-refractivity contribution in [3.8, 4) is 12.1 Å². The molecule has 0 atom stereocenters. The summed E-state index contributed by atoms with van der Waals surface area (Å²) in [7, 11) is 0. The van der Waals surface area contributed by atoms with Crippen LogP contribution in [0.1, 0.15) is 28.9 Å². The predicted octanol–water partition coefficient (Wildman–Crippen LogP) is 1.42. The highest BCUT2D eigenvalue weighted by Crippen LogP contribution is 2.23. The van der Waals surface area contributed by atoms with Crippen LogP contribution in [0.5, 0.6) is 0 Å². The summed E-state index contributed by atoms with van der Waals surface area (Å²) in [5, 5.41) is 17.2. The van der Waals surface area contributed by atoms with Gasteiger partial charge in [0.1, 0.15) is 11.8 Å². The van der Waals surface area contributed by atoms with Gasteiger partial charge in [-0.25, -0.2) is 13.8 Å². The summed E-state index contributed by atoms with van der Waals surface area (Å²) in [6.07, 6.45) is -2.93. The van der Waals surface area contributed by atoms with Crippen molar-refractivity contribution in [1.29, 1.82) is 10.5 Å². The Balaban J connectivity index is 3.37. The number of hydrogen-bond donors (Lipinski definition) is 1. The zero-order chi connectivity index (χ0) is 12.1. The molecule has 82 valence electrons. The van der Waals surface area contributed by atoms with E-state index in [1.165, 1.54) is 6.07 Å². The molecule has 0 aliphatic rings. The molecule has 0 spiro atoms. The minimum absolute atomic E-state index is 0.0577. The van der Waals surface area contributed by atoms with E-state index in [0.717, 1.165) is 0 Å². The molecule has 0 radical (unpaired) electrons. The van der Waals surface area contributed by atoms with Gasteiger partial charge in [0.25, 0.3) is 6.43 Å². The summed E-state index contributed by atoms with van der Waals surface area (Å²) >= 11 is 0. The van der Waals surface area contributed by atoms with E-state index in [0.29, 0.717) is 5.56 Å². The third-order valence-corrected chi connectivity index (χ3v) is 2.01. The number of nitrogens with two attached hydrogens (primary N) is 1. The molecule has 4 nitrogen and oxygen atoms in total. The first-order valence-electron chi connectivity index (χ1n) is 4.42. The summed E-state index contributed by atoms with van der Waals surface area (Å²) in [6.45, 7) is 0.0577. The van der Waals surface area contributed by atoms with E-state index in [1.807, 2.05) is 6.07 Å². The van der Waals surface area contributed by atoms with E-state index in [-0.39, 0.29) is 24.2 Å². The zero-order valence-electron chi connectivity index (χ0n) is 8.24. The number of nitriles is 2. The Morgan fingerprint density at radius 2 is 2.12 bits per heavy atom. The molecule has 2 N–H and O–H groups in total. The first-order valence-corrected chi connectivity index (χ1v) is 4.42. The molecule has 16 heavy (non-hydrogen) atoms. The second kappa shape index (κ2) is 5.15. The lowest BCUT2D eigenvalue weighted by molar-refractivity contribution is 0.145. The molecule has 0 aliphatic carbocycles. The molecule has 1 aromatic rings. The monoisotopic (exact) mass is 222 g/mol. The normalized spacial score (nSPS) is 9.88. The first-order chi connectivity index (χ1) is 7.63. The van der Waals surface area contributed by atoms with Crippen LogP contribution in [-0.2, 0) is 13.0 Å². The van der Waals surface area contributed by atoms with Gasteiger partial charge in [-0.3, -0.25) is 0 Å². The van der Waals surface area contributed by atoms with Crippen LogP contribution in [0, 0.1) is 22.7 Å². The third-order valence-electron chi connectivity index (χ3n) is 2.01. The zero-order valence-corrected chi connectivity index (χ0v) is 8.24. The molecule has 0 saturated heterocycles. The SMILES string of the molecule is N#CCc1nc(C(F)F)c(C#N)cc1CN. The minimum Gasteiger partial charge on any atom is -0.326 e. The van der Waals surface area contributed by atoms with Gasteiger partial charge in [0.15, 0.2) is 0 Å². The Hall–Kier alpha value is -2.05. The van der Waals surface area contributed by atoms with Crippen molar-refractivity contribution < 1.29 is 8.78 Å². The van der Waals surface area contributed by atoms with Crippen molar-refractivity contribution >= 4 is 0 Å². The first kappa shape index (κ1) is 12.0. The number of halogens is 2. The average Bonchev–Trinajstić information content (AvgIpc) is 2.28. The van der Waals surface area contributed by atoms with Crippen LogP contribution in [0.4, 0.5) is 8.78 Å². The molecule has 0 fully saturated rings. The largest absolute Gasteiger partial charge is 0.326 e. The molecule has 0 aliphatic heterocycles. The smallest absolute Gasteiger partial charge is 0.281 e. The number of hydrogen-bond acceptors (Lipinski definition) is 4. The summed E-state index contributed by atoms with van der Waals surface area (Å²) in [5.74, 6) is 0. The minimum atomic E-state index is -2.83. The highest BCUT2D eigenvalue weighted by molar-refractivity contribution is 5.40. The topological polar surface area (TPSA) is 86.5 Å². The molecule has 0 aromatic carbocycles. The van der Waals surface area contributed by atoms with Gasteiger partial charge in [0, 0.05) is 6.54 Å². The van der Waals surface area contributed by atoms with Crippen molar-refractivity contribution in [3.63, 3.8) is 0 Å². The molecular weight excluding hydrogens is 214 g/mol. The fourth-order valence-corrected chi connectivity index (χ4v) is 1.27. The molecule has 1 rings (SSSR count). The number of alkyl halides is 2. The van der Waals surface area contributed by atoms with Crippen LogP contribution >= 0.6 is 0 Å². The van der Waals surface area contributed by atoms with Gasteiger partial charge in [-0.1, -0.05) is 0 Å². The Kier molecular flexibility index (Phi) is 3.87. The molecule has 1 aromatic heterocycles. The highest BCUT2D eigenvalue weighted by Gasteiger charge is 2.18. The lowest BCUT2D eigenvalue weighted by Crippen LogP contribution is -2.08. The van der Waals surface area contributed by atoms with Gasteiger partial charge in [-0.15, -0.1) is 0 Å². The van der Waals surface area contributed by atoms with Crippen molar-refractivity contribution in [3.05, 3.63) is 28.6 Å². The van der Waals surface area contributed by atoms with Crippen LogP contribution in [0.2, 0.25) is 0 Å². The maximum absolute atomic E-state index is 12.5. The molecular formula is C10H8F2N4. The van der Waals surface area contributed by atoms with Gasteiger partial charge < -0.3 is 5.73 Å². The third kappa shape index (κ3) is 2.30. The molecule has 6 heteroatoms. The number of pyridine rings is 1. The van der Waals surface area contributed by atoms with Gasteiger partial charge in [0.2, 0.25) is 0 Å². The Morgan fingerprint density at radius 3 is 2.56 bits per heavy atom. The van der Waals surface area contributed by atoms with E-state index in [4.69, 9.17) is 16.3 Å². The Bertz CT molecular complexity index is 471. The lowest BCUT2D eigenvalue weighted by Gasteiger charge is -2.08. The summed E-state index contributed by atoms with van der Waals surface area (Å²) < 4.78 is 25.1. The maximum atomic E-state index is 12.5. The summed E-state index contributed by atoms with van der Waals surface area (Å²) in [4.78, 5) is 3.63. The van der Waals surface area contributed by atoms with Crippen molar-refractivity contribution in [2.24, 2.45) is 5.73 Å². The second-order valence-electron chi connectivity index (χ2n) is 2.98. The molecule has 0 bridgehead atoms. The number of rotatable bonds is 3. The second-order valence-corrected chi connectivity index (χ2v) is 2.98. The molecule has 1 heterocycles. The number of nitrogens with zero attached hydrogens (tertiary/aromatic N) is 3. The van der Waals surface area contributed by atoms with E-state index in [2.05, 4.69) is 4.98 Å². The van der Waals surface area contributed by atoms with E-state index >= 15 is 0 Å². The predicted molar refractivity (Wildman–Crippen MR) is 51.1 cm³/mol. The van der Waals surface area contributed by atoms with Crippen LogP contribution in [-0.4, -0.2) is 4.98 Å². The van der Waals surface area contributed by atoms with Gasteiger partial charge in [-0.05, 0) is 11.6 Å². The van der Waals surface area contributed by atoms with Gasteiger partial charge >= 0.3 is 0 Å². The Morgan fingerprint density at radius 1 is 1.44 bits per heavy atom. The number of aromatic nitrogens is 1. The van der Waals surface area contributed by atoms with E-state index in [9.17, 15) is 8.78 Å². The van der Waals surface area contributed by atoms with Crippen molar-refractivity contribution in [2.45, 2.75) is 19.4 Å². The standard InChI is InChI=1S/C10H8F2N4/c11-10(12)9-7(5-15)3-6(4-14)8(16-9)1-2-13/h3,10H,1,4,14H2.